The van der Waals surface area contributed by atoms with Crippen molar-refractivity contribution in [2.45, 2.75) is 6.54 Å². The maximum Gasteiger partial charge on any atom is 0.178 e. The van der Waals surface area contributed by atoms with Crippen molar-refractivity contribution in [1.82, 2.24) is 24.3 Å². The number of aromatic nitrogens is 5. The first kappa shape index (κ1) is 11.1. The predicted octanol–water partition coefficient (Wildman–Crippen LogP) is 2.01. The lowest BCUT2D eigenvalue weighted by Crippen LogP contribution is -2.02. The Morgan fingerprint density at radius 3 is 3.00 bits per heavy atom. The van der Waals surface area contributed by atoms with Crippen LogP contribution in [0.2, 0.25) is 0 Å². The minimum atomic E-state index is -0.314. The average molecular weight is 263 g/mol. The summed E-state index contributed by atoms with van der Waals surface area (Å²) in [6.45, 7) is 0.420. The molecule has 2 aromatic heterocycles. The van der Waals surface area contributed by atoms with Gasteiger partial charge >= 0.3 is 0 Å². The highest BCUT2D eigenvalue weighted by Crippen LogP contribution is 2.17. The van der Waals surface area contributed by atoms with Gasteiger partial charge in [-0.1, -0.05) is 6.07 Å². The molecule has 1 aromatic carbocycles. The molecule has 0 fully saturated rings. The highest BCUT2D eigenvalue weighted by Gasteiger charge is 2.10. The van der Waals surface area contributed by atoms with Crippen molar-refractivity contribution >= 4 is 23.3 Å². The van der Waals surface area contributed by atoms with Crippen molar-refractivity contribution in [3.8, 4) is 0 Å². The Hall–Kier alpha value is -2.02. The Kier molecular flexibility index (Phi) is 2.48. The highest BCUT2D eigenvalue weighted by atomic mass is 32.1. The van der Waals surface area contributed by atoms with E-state index in [0.29, 0.717) is 28.2 Å². The van der Waals surface area contributed by atoms with Gasteiger partial charge in [0, 0.05) is 7.05 Å². The summed E-state index contributed by atoms with van der Waals surface area (Å²) >= 11 is 5.20. The quantitative estimate of drug-likeness (QED) is 0.720. The first-order valence-electron chi connectivity index (χ1n) is 5.36. The van der Waals surface area contributed by atoms with Crippen LogP contribution in [-0.4, -0.2) is 24.3 Å². The summed E-state index contributed by atoms with van der Waals surface area (Å²) in [7, 11) is 1.80. The van der Waals surface area contributed by atoms with Crippen molar-refractivity contribution < 1.29 is 4.39 Å². The first-order valence-corrected chi connectivity index (χ1v) is 5.77. The number of rotatable bonds is 2. The van der Waals surface area contributed by atoms with Crippen LogP contribution in [0, 0.1) is 10.6 Å². The van der Waals surface area contributed by atoms with Crippen LogP contribution in [0.5, 0.6) is 0 Å². The third-order valence-electron chi connectivity index (χ3n) is 2.71. The first-order chi connectivity index (χ1) is 8.65. The molecule has 0 saturated heterocycles. The zero-order valence-electron chi connectivity index (χ0n) is 9.59. The zero-order chi connectivity index (χ0) is 12.7. The monoisotopic (exact) mass is 263 g/mol. The predicted molar refractivity (Wildman–Crippen MR) is 67.2 cm³/mol. The molecule has 3 rings (SSSR count). The lowest BCUT2D eigenvalue weighted by atomic mass is 10.3. The Morgan fingerprint density at radius 1 is 1.44 bits per heavy atom. The van der Waals surface area contributed by atoms with E-state index in [0.717, 1.165) is 0 Å². The number of aryl methyl sites for hydroxylation is 1. The van der Waals surface area contributed by atoms with Gasteiger partial charge in [0.2, 0.25) is 0 Å². The number of hydrogen-bond acceptors (Lipinski definition) is 3. The number of benzene rings is 1. The third-order valence-corrected chi connectivity index (χ3v) is 3.03. The summed E-state index contributed by atoms with van der Waals surface area (Å²) in [5.74, 6) is 0.324. The molecule has 0 unspecified atom stereocenters. The van der Waals surface area contributed by atoms with Gasteiger partial charge in [0.15, 0.2) is 10.6 Å². The highest BCUT2D eigenvalue weighted by molar-refractivity contribution is 7.71. The molecular formula is C11H10FN5S. The van der Waals surface area contributed by atoms with E-state index in [9.17, 15) is 4.39 Å². The number of aromatic amines is 1. The Bertz CT molecular complexity index is 769. The van der Waals surface area contributed by atoms with Crippen molar-refractivity contribution in [3.05, 3.63) is 40.9 Å². The molecule has 18 heavy (non-hydrogen) atoms. The third kappa shape index (κ3) is 1.72. The molecule has 0 bridgehead atoms. The van der Waals surface area contributed by atoms with Crippen molar-refractivity contribution in [1.29, 1.82) is 0 Å². The molecule has 1 N–H and O–H groups in total. The molecule has 0 aliphatic carbocycles. The van der Waals surface area contributed by atoms with Gasteiger partial charge in [0.1, 0.15) is 17.7 Å². The number of fused-ring (bicyclic) bond motifs is 1. The molecule has 3 aromatic rings. The number of nitrogens with zero attached hydrogens (tertiary/aromatic N) is 4. The number of hydrogen-bond donors (Lipinski definition) is 1. The van der Waals surface area contributed by atoms with Gasteiger partial charge in [-0.05, 0) is 24.4 Å². The van der Waals surface area contributed by atoms with Crippen LogP contribution in [-0.2, 0) is 13.6 Å². The van der Waals surface area contributed by atoms with Gasteiger partial charge in [-0.2, -0.15) is 5.10 Å². The fourth-order valence-electron chi connectivity index (χ4n) is 1.90. The molecule has 2 heterocycles. The normalized spacial score (nSPS) is 11.2. The van der Waals surface area contributed by atoms with Crippen LogP contribution in [0.3, 0.4) is 0 Å². The molecule has 0 aliphatic heterocycles. The van der Waals surface area contributed by atoms with E-state index < -0.39 is 0 Å². The van der Waals surface area contributed by atoms with E-state index in [2.05, 4.69) is 15.1 Å². The smallest absolute Gasteiger partial charge is 0.178 e. The van der Waals surface area contributed by atoms with Crippen LogP contribution in [0.15, 0.2) is 24.5 Å². The van der Waals surface area contributed by atoms with Gasteiger partial charge in [-0.25, -0.2) is 9.37 Å². The van der Waals surface area contributed by atoms with E-state index >= 15 is 0 Å². The van der Waals surface area contributed by atoms with Gasteiger partial charge in [0.05, 0.1) is 12.1 Å². The minimum Gasteiger partial charge on any atom is -0.328 e. The van der Waals surface area contributed by atoms with E-state index in [4.69, 9.17) is 12.2 Å². The topological polar surface area (TPSA) is 51.4 Å². The fraction of sp³-hybridized carbons (Fsp3) is 0.182. The molecule has 5 nitrogen and oxygen atoms in total. The zero-order valence-corrected chi connectivity index (χ0v) is 10.4. The maximum atomic E-state index is 13.6. The van der Waals surface area contributed by atoms with Crippen molar-refractivity contribution in [2.75, 3.05) is 0 Å². The Balaban J connectivity index is 2.14. The van der Waals surface area contributed by atoms with Crippen LogP contribution in [0.4, 0.5) is 4.39 Å². The van der Waals surface area contributed by atoms with E-state index in [1.165, 1.54) is 6.07 Å². The summed E-state index contributed by atoms with van der Waals surface area (Å²) in [6, 6.07) is 4.87. The minimum absolute atomic E-state index is 0.314. The molecule has 7 heteroatoms. The summed E-state index contributed by atoms with van der Waals surface area (Å²) < 4.78 is 17.5. The van der Waals surface area contributed by atoms with Crippen molar-refractivity contribution in [2.24, 2.45) is 7.05 Å². The molecule has 0 radical (unpaired) electrons. The van der Waals surface area contributed by atoms with Crippen LogP contribution in [0.25, 0.3) is 11.0 Å². The van der Waals surface area contributed by atoms with Gasteiger partial charge in [-0.3, -0.25) is 4.68 Å². The number of imidazole rings is 1. The molecule has 0 atom stereocenters. The largest absolute Gasteiger partial charge is 0.328 e. The molecule has 0 aliphatic rings. The lowest BCUT2D eigenvalue weighted by Gasteiger charge is -2.00. The molecule has 92 valence electrons. The number of halogens is 1. The number of nitrogens with one attached hydrogen (secondary N) is 1. The SMILES string of the molecule is Cn1cnc(Cn2c(=S)[nH]c3c(F)cccc32)n1. The summed E-state index contributed by atoms with van der Waals surface area (Å²) in [4.78, 5) is 7.00. The Morgan fingerprint density at radius 2 is 2.28 bits per heavy atom. The fourth-order valence-corrected chi connectivity index (χ4v) is 2.16. The van der Waals surface area contributed by atoms with Crippen molar-refractivity contribution in [3.63, 3.8) is 0 Å². The van der Waals surface area contributed by atoms with Crippen LogP contribution >= 0.6 is 12.2 Å². The van der Waals surface area contributed by atoms with Gasteiger partial charge in [0.25, 0.3) is 0 Å². The standard InChI is InChI=1S/C11H10FN5S/c1-16-6-13-9(15-16)5-17-8-4-2-3-7(12)10(8)14-11(17)18/h2-4,6H,5H2,1H3,(H,14,18). The van der Waals surface area contributed by atoms with E-state index in [1.807, 2.05) is 6.07 Å². The lowest BCUT2D eigenvalue weighted by molar-refractivity contribution is 0.637. The van der Waals surface area contributed by atoms with Gasteiger partial charge < -0.3 is 9.55 Å². The number of H-pyrrole nitrogens is 1. The second-order valence-corrected chi connectivity index (χ2v) is 4.37. The second-order valence-electron chi connectivity index (χ2n) is 3.98. The number of para-hydroxylation sites is 1. The summed E-state index contributed by atoms with van der Waals surface area (Å²) in [5.41, 5.74) is 1.13. The Labute approximate surface area is 107 Å². The molecule has 0 amide bonds. The summed E-state index contributed by atoms with van der Waals surface area (Å²) in [5, 5.41) is 4.19. The average Bonchev–Trinajstić information content (AvgIpc) is 2.87. The molecule has 0 spiro atoms. The molecule has 0 saturated carbocycles. The van der Waals surface area contributed by atoms with E-state index in [-0.39, 0.29) is 5.82 Å². The molecular weight excluding hydrogens is 253 g/mol. The maximum absolute atomic E-state index is 13.6. The van der Waals surface area contributed by atoms with Crippen LogP contribution in [0.1, 0.15) is 5.82 Å². The summed E-state index contributed by atoms with van der Waals surface area (Å²) in [6.07, 6.45) is 1.62. The van der Waals surface area contributed by atoms with Gasteiger partial charge in [-0.15, -0.1) is 0 Å². The van der Waals surface area contributed by atoms with E-state index in [1.54, 1.807) is 28.7 Å². The second kappa shape index (κ2) is 4.02. The van der Waals surface area contributed by atoms with Crippen LogP contribution < -0.4 is 0 Å².